The van der Waals surface area contributed by atoms with Crippen LogP contribution in [0.3, 0.4) is 0 Å². The quantitative estimate of drug-likeness (QED) is 0.503. The van der Waals surface area contributed by atoms with Gasteiger partial charge in [0.15, 0.2) is 0 Å². The highest BCUT2D eigenvalue weighted by Gasteiger charge is 2.53. The molecule has 1 saturated heterocycles. The minimum Gasteiger partial charge on any atom is -0.356 e. The number of aromatic amines is 1. The smallest absolute Gasteiger partial charge is 0.344 e. The number of rotatable bonds is 5. The minimum atomic E-state index is -4.19. The molecule has 2 fully saturated rings. The summed E-state index contributed by atoms with van der Waals surface area (Å²) >= 11 is 0. The molecule has 2 aliphatic rings. The van der Waals surface area contributed by atoms with Gasteiger partial charge in [0.25, 0.3) is 21.8 Å². The molecule has 0 radical (unpaired) electrons. The van der Waals surface area contributed by atoms with E-state index >= 15 is 0 Å². The lowest BCUT2D eigenvalue weighted by Gasteiger charge is -2.33. The number of hydrogen-bond donors (Lipinski definition) is 4. The number of sulfonamides is 1. The van der Waals surface area contributed by atoms with E-state index < -0.39 is 39.2 Å². The van der Waals surface area contributed by atoms with Crippen molar-refractivity contribution in [1.29, 1.82) is 0 Å². The fraction of sp³-hybridized carbons (Fsp3) is 0.350. The predicted molar refractivity (Wildman–Crippen MR) is 111 cm³/mol. The number of para-hydroxylation sites is 1. The Morgan fingerprint density at radius 2 is 1.91 bits per heavy atom. The molecule has 0 bridgehead atoms. The second kappa shape index (κ2) is 7.93. The second-order valence-electron chi connectivity index (χ2n) is 8.11. The van der Waals surface area contributed by atoms with Crippen LogP contribution in [0.5, 0.6) is 0 Å². The molecule has 0 unspecified atom stereocenters. The topological polar surface area (TPSA) is 140 Å². The van der Waals surface area contributed by atoms with Crippen molar-refractivity contribution >= 4 is 33.6 Å². The number of nitrogens with one attached hydrogen (secondary N) is 4. The number of aromatic nitrogens is 1. The Labute approximate surface area is 183 Å². The van der Waals surface area contributed by atoms with Crippen LogP contribution in [0.2, 0.25) is 0 Å². The van der Waals surface area contributed by atoms with Crippen molar-refractivity contribution in [2.75, 3.05) is 4.72 Å². The maximum absolute atomic E-state index is 13.8. The number of urea groups is 1. The van der Waals surface area contributed by atoms with Crippen molar-refractivity contribution < 1.29 is 27.2 Å². The van der Waals surface area contributed by atoms with Crippen molar-refractivity contribution in [3.05, 3.63) is 48.0 Å². The number of carbonyl (C=O) groups is 3. The van der Waals surface area contributed by atoms with E-state index in [0.717, 1.165) is 31.2 Å². The SMILES string of the molecule is CC1CCC2(CC1)NC(=O)N(NC(=O)c1cc(S(=O)(=O)Nc3ccccc3F)c[nH]1)C2=O. The third kappa shape index (κ3) is 3.93. The number of anilines is 1. The number of hydrazine groups is 1. The summed E-state index contributed by atoms with van der Waals surface area (Å²) in [6.45, 7) is 2.07. The number of halogens is 1. The maximum atomic E-state index is 13.8. The predicted octanol–water partition coefficient (Wildman–Crippen LogP) is 2.10. The van der Waals surface area contributed by atoms with E-state index in [0.29, 0.717) is 23.8 Å². The van der Waals surface area contributed by atoms with E-state index in [-0.39, 0.29) is 16.3 Å². The Kier molecular flexibility index (Phi) is 5.41. The number of hydrogen-bond acceptors (Lipinski definition) is 5. The molecular weight excluding hydrogens is 441 g/mol. The highest BCUT2D eigenvalue weighted by molar-refractivity contribution is 7.92. The van der Waals surface area contributed by atoms with Gasteiger partial charge >= 0.3 is 6.03 Å². The lowest BCUT2D eigenvalue weighted by Crippen LogP contribution is -2.51. The van der Waals surface area contributed by atoms with Crippen LogP contribution in [-0.4, -0.2) is 41.8 Å². The summed E-state index contributed by atoms with van der Waals surface area (Å²) in [7, 11) is -4.19. The van der Waals surface area contributed by atoms with Gasteiger partial charge in [0.05, 0.1) is 5.69 Å². The summed E-state index contributed by atoms with van der Waals surface area (Å²) in [4.78, 5) is 39.9. The van der Waals surface area contributed by atoms with Crippen LogP contribution >= 0.6 is 0 Å². The molecule has 170 valence electrons. The van der Waals surface area contributed by atoms with Crippen LogP contribution in [0.1, 0.15) is 43.1 Å². The normalized spacial score (nSPS) is 23.3. The van der Waals surface area contributed by atoms with Crippen LogP contribution in [0.25, 0.3) is 0 Å². The Morgan fingerprint density at radius 3 is 2.59 bits per heavy atom. The van der Waals surface area contributed by atoms with Gasteiger partial charge < -0.3 is 10.3 Å². The van der Waals surface area contributed by atoms with Crippen LogP contribution in [-0.2, 0) is 14.8 Å². The molecule has 32 heavy (non-hydrogen) atoms. The zero-order valence-electron chi connectivity index (χ0n) is 17.1. The number of H-pyrrole nitrogens is 1. The molecule has 1 aromatic heterocycles. The molecule has 10 nitrogen and oxygen atoms in total. The molecule has 4 N–H and O–H groups in total. The van der Waals surface area contributed by atoms with Crippen molar-refractivity contribution in [1.82, 2.24) is 20.7 Å². The number of benzene rings is 1. The second-order valence-corrected chi connectivity index (χ2v) is 9.79. The van der Waals surface area contributed by atoms with E-state index in [4.69, 9.17) is 0 Å². The van der Waals surface area contributed by atoms with Gasteiger partial charge in [0.1, 0.15) is 21.9 Å². The Bertz CT molecular complexity index is 1190. The number of amides is 4. The third-order valence-electron chi connectivity index (χ3n) is 5.83. The molecule has 2 aromatic rings. The summed E-state index contributed by atoms with van der Waals surface area (Å²) in [6.07, 6.45) is 3.57. The third-order valence-corrected chi connectivity index (χ3v) is 7.18. The molecule has 12 heteroatoms. The molecule has 2 heterocycles. The molecule has 0 atom stereocenters. The Morgan fingerprint density at radius 1 is 1.22 bits per heavy atom. The monoisotopic (exact) mass is 463 g/mol. The lowest BCUT2D eigenvalue weighted by molar-refractivity contribution is -0.134. The first-order valence-corrected chi connectivity index (χ1v) is 11.5. The summed E-state index contributed by atoms with van der Waals surface area (Å²) in [5.41, 5.74) is 0.764. The molecule has 1 aromatic carbocycles. The zero-order chi connectivity index (χ0) is 23.1. The molecule has 4 amide bonds. The van der Waals surface area contributed by atoms with Crippen molar-refractivity contribution in [2.45, 2.75) is 43.0 Å². The summed E-state index contributed by atoms with van der Waals surface area (Å²) in [6, 6.07) is 5.53. The minimum absolute atomic E-state index is 0.197. The van der Waals surface area contributed by atoms with Gasteiger partial charge in [-0.1, -0.05) is 19.1 Å². The van der Waals surface area contributed by atoms with Gasteiger partial charge in [-0.15, -0.1) is 0 Å². The fourth-order valence-electron chi connectivity index (χ4n) is 3.89. The van der Waals surface area contributed by atoms with Crippen LogP contribution in [0.15, 0.2) is 41.4 Å². The van der Waals surface area contributed by atoms with Gasteiger partial charge in [-0.2, -0.15) is 5.01 Å². The summed E-state index contributed by atoms with van der Waals surface area (Å²) in [5.74, 6) is -1.72. The first-order valence-electron chi connectivity index (χ1n) is 10.0. The van der Waals surface area contributed by atoms with Crippen LogP contribution in [0, 0.1) is 11.7 Å². The van der Waals surface area contributed by atoms with E-state index in [2.05, 4.69) is 27.4 Å². The van der Waals surface area contributed by atoms with Gasteiger partial charge in [-0.3, -0.25) is 19.7 Å². The van der Waals surface area contributed by atoms with Gasteiger partial charge in [-0.05, 0) is 49.8 Å². The first-order chi connectivity index (χ1) is 15.1. The van der Waals surface area contributed by atoms with Gasteiger partial charge in [0, 0.05) is 6.20 Å². The summed E-state index contributed by atoms with van der Waals surface area (Å²) < 4.78 is 40.9. The first kappa shape index (κ1) is 21.8. The lowest BCUT2D eigenvalue weighted by atomic mass is 9.77. The molecule has 1 aliphatic heterocycles. The van der Waals surface area contributed by atoms with E-state index in [9.17, 15) is 27.2 Å². The highest BCUT2D eigenvalue weighted by atomic mass is 32.2. The summed E-state index contributed by atoms with van der Waals surface area (Å²) in [5, 5.41) is 3.31. The van der Waals surface area contributed by atoms with E-state index in [1.807, 2.05) is 0 Å². The van der Waals surface area contributed by atoms with Crippen molar-refractivity contribution in [3.8, 4) is 0 Å². The standard InChI is InChI=1S/C20H22FN5O5S/c1-12-6-8-20(9-7-12)18(28)26(19(29)23-20)24-17(27)16-10-13(11-22-16)32(30,31)25-15-5-3-2-4-14(15)21/h2-5,10-12,22,25H,6-9H2,1H3,(H,23,29)(H,24,27). The van der Waals surface area contributed by atoms with E-state index in [1.54, 1.807) is 0 Å². The fourth-order valence-corrected chi connectivity index (χ4v) is 4.95. The number of imide groups is 1. The molecule has 4 rings (SSSR count). The average Bonchev–Trinajstić information content (AvgIpc) is 3.33. The van der Waals surface area contributed by atoms with Gasteiger partial charge in [-0.25, -0.2) is 17.6 Å². The van der Waals surface area contributed by atoms with Crippen molar-refractivity contribution in [3.63, 3.8) is 0 Å². The molecular formula is C20H22FN5O5S. The molecule has 1 saturated carbocycles. The zero-order valence-corrected chi connectivity index (χ0v) is 18.0. The number of nitrogens with zero attached hydrogens (tertiary/aromatic N) is 1. The Hall–Kier alpha value is -3.41. The number of carbonyl (C=O) groups excluding carboxylic acids is 3. The molecule has 1 spiro atoms. The van der Waals surface area contributed by atoms with Gasteiger partial charge in [0.2, 0.25) is 0 Å². The average molecular weight is 463 g/mol. The van der Waals surface area contributed by atoms with Crippen LogP contribution in [0.4, 0.5) is 14.9 Å². The Balaban J connectivity index is 1.47. The molecule has 1 aliphatic carbocycles. The largest absolute Gasteiger partial charge is 0.356 e. The maximum Gasteiger partial charge on any atom is 0.344 e. The van der Waals surface area contributed by atoms with Crippen LogP contribution < -0.4 is 15.5 Å². The van der Waals surface area contributed by atoms with Crippen molar-refractivity contribution in [2.24, 2.45) is 5.92 Å². The van der Waals surface area contributed by atoms with E-state index in [1.165, 1.54) is 18.2 Å². The highest BCUT2D eigenvalue weighted by Crippen LogP contribution is 2.35.